The van der Waals surface area contributed by atoms with E-state index in [1.807, 2.05) is 0 Å². The fourth-order valence-corrected chi connectivity index (χ4v) is 1.50. The van der Waals surface area contributed by atoms with Gasteiger partial charge in [0, 0.05) is 12.3 Å². The van der Waals surface area contributed by atoms with E-state index in [4.69, 9.17) is 0 Å². The predicted molar refractivity (Wildman–Crippen MR) is 61.9 cm³/mol. The molecule has 0 aromatic rings. The third kappa shape index (κ3) is 4.25. The molecular weight excluding hydrogens is 206 g/mol. The van der Waals surface area contributed by atoms with Crippen molar-refractivity contribution in [1.82, 2.24) is 10.7 Å². The summed E-state index contributed by atoms with van der Waals surface area (Å²) in [5, 5.41) is 6.32. The van der Waals surface area contributed by atoms with Crippen LogP contribution in [0.4, 0.5) is 0 Å². The Morgan fingerprint density at radius 2 is 1.94 bits per heavy atom. The fourth-order valence-electron chi connectivity index (χ4n) is 1.50. The Bertz CT molecular complexity index is 302. The molecule has 5 nitrogen and oxygen atoms in total. The van der Waals surface area contributed by atoms with Crippen LogP contribution in [0.5, 0.6) is 0 Å². The minimum absolute atomic E-state index is 0.281. The van der Waals surface area contributed by atoms with Crippen molar-refractivity contribution in [1.29, 1.82) is 0 Å². The molecule has 0 bridgehead atoms. The lowest BCUT2D eigenvalue weighted by Crippen LogP contribution is -2.38. The van der Waals surface area contributed by atoms with E-state index in [9.17, 15) is 9.59 Å². The van der Waals surface area contributed by atoms with Gasteiger partial charge >= 0.3 is 11.8 Å². The van der Waals surface area contributed by atoms with Gasteiger partial charge in [0.05, 0.1) is 0 Å². The molecule has 88 valence electrons. The molecule has 0 aliphatic heterocycles. The smallest absolute Gasteiger partial charge is 0.329 e. The summed E-state index contributed by atoms with van der Waals surface area (Å²) in [5.74, 6) is -1.40. The van der Waals surface area contributed by atoms with Crippen LogP contribution in [0.15, 0.2) is 17.8 Å². The lowest BCUT2D eigenvalue weighted by Gasteiger charge is -2.11. The highest BCUT2D eigenvalue weighted by Gasteiger charge is 2.12. The molecule has 0 saturated heterocycles. The van der Waals surface area contributed by atoms with Gasteiger partial charge in [-0.05, 0) is 25.7 Å². The third-order valence-corrected chi connectivity index (χ3v) is 2.36. The molecule has 1 fully saturated rings. The van der Waals surface area contributed by atoms with Crippen LogP contribution in [0.3, 0.4) is 0 Å². The lowest BCUT2D eigenvalue weighted by molar-refractivity contribution is -0.139. The Labute approximate surface area is 95.0 Å². The Balaban J connectivity index is 2.32. The summed E-state index contributed by atoms with van der Waals surface area (Å²) in [6.07, 6.45) is 6.77. The van der Waals surface area contributed by atoms with Crippen LogP contribution < -0.4 is 10.7 Å². The molecule has 0 heterocycles. The largest absolute Gasteiger partial charge is 0.344 e. The Kier molecular flexibility index (Phi) is 5.25. The maximum Gasteiger partial charge on any atom is 0.329 e. The summed E-state index contributed by atoms with van der Waals surface area (Å²) in [4.78, 5) is 22.4. The van der Waals surface area contributed by atoms with Gasteiger partial charge in [-0.3, -0.25) is 9.59 Å². The molecule has 2 amide bonds. The number of amides is 2. The van der Waals surface area contributed by atoms with E-state index in [0.717, 1.165) is 31.4 Å². The predicted octanol–water partition coefficient (Wildman–Crippen LogP) is 0.725. The second kappa shape index (κ2) is 6.76. The zero-order valence-electron chi connectivity index (χ0n) is 9.29. The average Bonchev–Trinajstić information content (AvgIpc) is 2.34. The SMILES string of the molecule is C=CCNC(=O)C(=O)NN=C1CCCCC1. The molecule has 0 radical (unpaired) electrons. The van der Waals surface area contributed by atoms with E-state index < -0.39 is 11.8 Å². The number of carbonyl (C=O) groups is 2. The molecule has 16 heavy (non-hydrogen) atoms. The number of hydrazone groups is 1. The molecule has 0 unspecified atom stereocenters. The molecule has 1 rings (SSSR count). The zero-order valence-corrected chi connectivity index (χ0v) is 9.29. The van der Waals surface area contributed by atoms with Gasteiger partial charge in [0.2, 0.25) is 0 Å². The number of nitrogens with one attached hydrogen (secondary N) is 2. The summed E-state index contributed by atoms with van der Waals surface area (Å²) in [5.41, 5.74) is 3.23. The van der Waals surface area contributed by atoms with Gasteiger partial charge < -0.3 is 5.32 Å². The van der Waals surface area contributed by atoms with Gasteiger partial charge in [0.25, 0.3) is 0 Å². The van der Waals surface area contributed by atoms with Crippen LogP contribution in [0.25, 0.3) is 0 Å². The number of rotatable bonds is 3. The van der Waals surface area contributed by atoms with Gasteiger partial charge in [0.1, 0.15) is 0 Å². The van der Waals surface area contributed by atoms with Crippen LogP contribution in [0.2, 0.25) is 0 Å². The summed E-state index contributed by atoms with van der Waals surface area (Å²) in [6.45, 7) is 3.72. The molecule has 0 aromatic carbocycles. The van der Waals surface area contributed by atoms with E-state index >= 15 is 0 Å². The first-order valence-electron chi connectivity index (χ1n) is 5.48. The minimum atomic E-state index is -0.722. The van der Waals surface area contributed by atoms with E-state index in [0.29, 0.717) is 0 Å². The molecule has 0 aromatic heterocycles. The summed E-state index contributed by atoms with van der Waals surface area (Å²) in [7, 11) is 0. The quantitative estimate of drug-likeness (QED) is 0.420. The van der Waals surface area contributed by atoms with Crippen LogP contribution in [0.1, 0.15) is 32.1 Å². The molecule has 2 N–H and O–H groups in total. The van der Waals surface area contributed by atoms with Crippen molar-refractivity contribution >= 4 is 17.5 Å². The highest BCUT2D eigenvalue weighted by atomic mass is 16.2. The number of hydrogen-bond acceptors (Lipinski definition) is 3. The summed E-state index contributed by atoms with van der Waals surface area (Å²) >= 11 is 0. The second-order valence-corrected chi connectivity index (χ2v) is 3.68. The number of carbonyl (C=O) groups excluding carboxylic acids is 2. The first kappa shape index (κ1) is 12.4. The molecule has 1 saturated carbocycles. The zero-order chi connectivity index (χ0) is 11.8. The first-order chi connectivity index (χ1) is 7.74. The van der Waals surface area contributed by atoms with Crippen molar-refractivity contribution < 1.29 is 9.59 Å². The van der Waals surface area contributed by atoms with Crippen molar-refractivity contribution in [3.8, 4) is 0 Å². The minimum Gasteiger partial charge on any atom is -0.344 e. The van der Waals surface area contributed by atoms with Crippen molar-refractivity contribution in [3.63, 3.8) is 0 Å². The van der Waals surface area contributed by atoms with Crippen LogP contribution >= 0.6 is 0 Å². The summed E-state index contributed by atoms with van der Waals surface area (Å²) < 4.78 is 0. The van der Waals surface area contributed by atoms with Crippen molar-refractivity contribution in [2.24, 2.45) is 5.10 Å². The highest BCUT2D eigenvalue weighted by molar-refractivity contribution is 6.35. The van der Waals surface area contributed by atoms with Gasteiger partial charge in [-0.25, -0.2) is 5.43 Å². The standard InChI is InChI=1S/C11H17N3O2/c1-2-8-12-10(15)11(16)14-13-9-6-4-3-5-7-9/h2H,1,3-8H2,(H,12,15)(H,14,16). The van der Waals surface area contributed by atoms with Gasteiger partial charge in [-0.15, -0.1) is 6.58 Å². The molecule has 0 atom stereocenters. The first-order valence-corrected chi connectivity index (χ1v) is 5.48. The van der Waals surface area contributed by atoms with E-state index in [1.54, 1.807) is 0 Å². The monoisotopic (exact) mass is 223 g/mol. The molecule has 5 heteroatoms. The number of hydrogen-bond donors (Lipinski definition) is 2. The maximum absolute atomic E-state index is 11.2. The highest BCUT2D eigenvalue weighted by Crippen LogP contribution is 2.13. The lowest BCUT2D eigenvalue weighted by atomic mass is 9.99. The van der Waals surface area contributed by atoms with Crippen LogP contribution in [0, 0.1) is 0 Å². The van der Waals surface area contributed by atoms with E-state index in [2.05, 4.69) is 22.4 Å². The van der Waals surface area contributed by atoms with Gasteiger partial charge in [-0.2, -0.15) is 5.10 Å². The molecular formula is C11H17N3O2. The average molecular weight is 223 g/mol. The van der Waals surface area contributed by atoms with Gasteiger partial charge in [-0.1, -0.05) is 12.5 Å². The summed E-state index contributed by atoms with van der Waals surface area (Å²) in [6, 6.07) is 0. The Morgan fingerprint density at radius 1 is 1.25 bits per heavy atom. The fraction of sp³-hybridized carbons (Fsp3) is 0.545. The van der Waals surface area contributed by atoms with Crippen LogP contribution in [-0.2, 0) is 9.59 Å². The molecule has 1 aliphatic rings. The third-order valence-electron chi connectivity index (χ3n) is 2.36. The molecule has 1 aliphatic carbocycles. The van der Waals surface area contributed by atoms with Gasteiger partial charge in [0.15, 0.2) is 0 Å². The second-order valence-electron chi connectivity index (χ2n) is 3.68. The van der Waals surface area contributed by atoms with E-state index in [-0.39, 0.29) is 6.54 Å². The normalized spacial score (nSPS) is 15.1. The number of nitrogens with zero attached hydrogens (tertiary/aromatic N) is 1. The van der Waals surface area contributed by atoms with E-state index in [1.165, 1.54) is 12.5 Å². The molecule has 0 spiro atoms. The van der Waals surface area contributed by atoms with Crippen molar-refractivity contribution in [2.45, 2.75) is 32.1 Å². The van der Waals surface area contributed by atoms with Crippen LogP contribution in [-0.4, -0.2) is 24.1 Å². The topological polar surface area (TPSA) is 70.6 Å². The Morgan fingerprint density at radius 3 is 2.56 bits per heavy atom. The Hall–Kier alpha value is -1.65. The maximum atomic E-state index is 11.2. The van der Waals surface area contributed by atoms with Crippen molar-refractivity contribution in [3.05, 3.63) is 12.7 Å². The van der Waals surface area contributed by atoms with Crippen molar-refractivity contribution in [2.75, 3.05) is 6.54 Å².